The van der Waals surface area contributed by atoms with Gasteiger partial charge in [0.25, 0.3) is 0 Å². The fourth-order valence-electron chi connectivity index (χ4n) is 4.65. The molecule has 0 radical (unpaired) electrons. The van der Waals surface area contributed by atoms with Gasteiger partial charge in [0.2, 0.25) is 5.91 Å². The molecule has 2 N–H and O–H groups in total. The van der Waals surface area contributed by atoms with E-state index in [1.54, 1.807) is 0 Å². The third-order valence-corrected chi connectivity index (χ3v) is 6.79. The molecule has 4 unspecified atom stereocenters. The van der Waals surface area contributed by atoms with Gasteiger partial charge >= 0.3 is 0 Å². The summed E-state index contributed by atoms with van der Waals surface area (Å²) in [6, 6.07) is 23.8. The van der Waals surface area contributed by atoms with Crippen LogP contribution in [0.5, 0.6) is 0 Å². The van der Waals surface area contributed by atoms with Crippen LogP contribution in [0, 0.1) is 12.8 Å². The maximum Gasteiger partial charge on any atom is 0.246 e. The summed E-state index contributed by atoms with van der Waals surface area (Å²) in [6.45, 7) is 2.05. The molecule has 2 heterocycles. The van der Waals surface area contributed by atoms with E-state index in [2.05, 4.69) is 58.0 Å². The van der Waals surface area contributed by atoms with E-state index in [0.29, 0.717) is 5.02 Å². The van der Waals surface area contributed by atoms with Crippen LogP contribution in [0.3, 0.4) is 0 Å². The fraction of sp³-hybridized carbons (Fsp3) is 0.208. The molecule has 4 nitrogen and oxygen atoms in total. The third-order valence-electron chi connectivity index (χ3n) is 6.04. The van der Waals surface area contributed by atoms with Crippen molar-refractivity contribution >= 4 is 39.1 Å². The highest BCUT2D eigenvalue weighted by molar-refractivity contribution is 9.10. The summed E-state index contributed by atoms with van der Waals surface area (Å²) >= 11 is 9.71. The van der Waals surface area contributed by atoms with E-state index in [4.69, 9.17) is 11.6 Å². The van der Waals surface area contributed by atoms with E-state index in [9.17, 15) is 4.79 Å². The zero-order chi connectivity index (χ0) is 20.8. The number of hydrazine groups is 1. The molecule has 2 aliphatic rings. The monoisotopic (exact) mass is 481 g/mol. The largest absolute Gasteiger partial charge is 0.303 e. The molecular formula is C24H21BrClN3O. The summed E-state index contributed by atoms with van der Waals surface area (Å²) in [7, 11) is 0. The summed E-state index contributed by atoms with van der Waals surface area (Å²) in [5.41, 5.74) is 10.9. The van der Waals surface area contributed by atoms with Crippen molar-refractivity contribution in [1.82, 2.24) is 10.9 Å². The highest BCUT2D eigenvalue weighted by Gasteiger charge is 2.55. The molecule has 0 spiro atoms. The molecule has 6 heteroatoms. The molecule has 2 fully saturated rings. The molecule has 30 heavy (non-hydrogen) atoms. The van der Waals surface area contributed by atoms with E-state index in [0.717, 1.165) is 21.3 Å². The van der Waals surface area contributed by atoms with Gasteiger partial charge < -0.3 is 4.90 Å². The Hall–Kier alpha value is -2.18. The average molecular weight is 483 g/mol. The quantitative estimate of drug-likeness (QED) is 0.530. The van der Waals surface area contributed by atoms with E-state index >= 15 is 0 Å². The Balaban J connectivity index is 1.63. The van der Waals surface area contributed by atoms with Gasteiger partial charge in [0.1, 0.15) is 6.04 Å². The molecule has 0 bridgehead atoms. The van der Waals surface area contributed by atoms with Crippen molar-refractivity contribution < 1.29 is 4.79 Å². The van der Waals surface area contributed by atoms with Crippen molar-refractivity contribution in [2.45, 2.75) is 25.0 Å². The summed E-state index contributed by atoms with van der Waals surface area (Å²) < 4.78 is 1.00. The Labute approximate surface area is 189 Å². The Bertz CT molecular complexity index is 1090. The number of anilines is 1. The van der Waals surface area contributed by atoms with E-state index in [1.807, 2.05) is 53.4 Å². The van der Waals surface area contributed by atoms with Gasteiger partial charge in [-0.3, -0.25) is 4.79 Å². The zero-order valence-corrected chi connectivity index (χ0v) is 18.7. The summed E-state index contributed by atoms with van der Waals surface area (Å²) in [5.74, 6) is 0.104. The first-order valence-electron chi connectivity index (χ1n) is 9.94. The second-order valence-electron chi connectivity index (χ2n) is 7.92. The average Bonchev–Trinajstić information content (AvgIpc) is 3.28. The summed E-state index contributed by atoms with van der Waals surface area (Å²) in [6.07, 6.45) is 0. The molecule has 3 aromatic carbocycles. The van der Waals surface area contributed by atoms with E-state index in [1.165, 1.54) is 5.56 Å². The number of fused-ring (bicyclic) bond motifs is 1. The number of hydrogen-bond donors (Lipinski definition) is 2. The van der Waals surface area contributed by atoms with Crippen molar-refractivity contribution in [2.75, 3.05) is 4.90 Å². The number of nitrogens with one attached hydrogen (secondary N) is 2. The lowest BCUT2D eigenvalue weighted by Crippen LogP contribution is -2.41. The second kappa shape index (κ2) is 7.82. The van der Waals surface area contributed by atoms with Crippen LogP contribution in [-0.4, -0.2) is 11.9 Å². The topological polar surface area (TPSA) is 44.4 Å². The maximum atomic E-state index is 13.6. The minimum atomic E-state index is -0.309. The number of benzene rings is 3. The van der Waals surface area contributed by atoms with Crippen molar-refractivity contribution in [3.63, 3.8) is 0 Å². The van der Waals surface area contributed by atoms with Crippen LogP contribution >= 0.6 is 27.5 Å². The first-order chi connectivity index (χ1) is 14.5. The van der Waals surface area contributed by atoms with Gasteiger partial charge in [-0.2, -0.15) is 0 Å². The molecule has 4 atom stereocenters. The van der Waals surface area contributed by atoms with Crippen molar-refractivity contribution in [2.24, 2.45) is 5.92 Å². The van der Waals surface area contributed by atoms with Crippen molar-refractivity contribution in [3.05, 3.63) is 99.0 Å². The number of rotatable bonds is 3. The van der Waals surface area contributed by atoms with Gasteiger partial charge in [-0.1, -0.05) is 69.5 Å². The lowest BCUT2D eigenvalue weighted by atomic mass is 9.83. The fourth-order valence-corrected chi connectivity index (χ4v) is 5.19. The first-order valence-corrected chi connectivity index (χ1v) is 11.1. The lowest BCUT2D eigenvalue weighted by Gasteiger charge is -2.31. The van der Waals surface area contributed by atoms with Gasteiger partial charge in [0.15, 0.2) is 0 Å². The highest BCUT2D eigenvalue weighted by atomic mass is 79.9. The smallest absolute Gasteiger partial charge is 0.246 e. The minimum absolute atomic E-state index is 0.0179. The molecule has 1 amide bonds. The number of nitrogens with zero attached hydrogens (tertiary/aromatic N) is 1. The Kier molecular flexibility index (Phi) is 5.15. The van der Waals surface area contributed by atoms with Gasteiger partial charge in [0.05, 0.1) is 12.1 Å². The third kappa shape index (κ3) is 3.36. The Morgan fingerprint density at radius 3 is 2.30 bits per heavy atom. The van der Waals surface area contributed by atoms with Crippen LogP contribution in [0.4, 0.5) is 5.69 Å². The molecule has 0 aliphatic carbocycles. The van der Waals surface area contributed by atoms with Crippen LogP contribution in [-0.2, 0) is 4.79 Å². The van der Waals surface area contributed by atoms with Crippen LogP contribution in [0.2, 0.25) is 5.02 Å². The number of aryl methyl sites for hydroxylation is 1. The number of carbonyl (C=O) groups excluding carboxylic acids is 1. The normalized spacial score (nSPS) is 25.6. The van der Waals surface area contributed by atoms with Crippen molar-refractivity contribution in [3.8, 4) is 0 Å². The molecule has 0 saturated carbocycles. The predicted molar refractivity (Wildman–Crippen MR) is 123 cm³/mol. The van der Waals surface area contributed by atoms with E-state index < -0.39 is 0 Å². The summed E-state index contributed by atoms with van der Waals surface area (Å²) in [5, 5.41) is 0.702. The molecule has 3 aromatic rings. The van der Waals surface area contributed by atoms with Crippen LogP contribution in [0.15, 0.2) is 77.3 Å². The molecule has 5 rings (SSSR count). The highest BCUT2D eigenvalue weighted by Crippen LogP contribution is 2.49. The number of amides is 1. The van der Waals surface area contributed by atoms with Gasteiger partial charge in [-0.15, -0.1) is 0 Å². The molecule has 2 aliphatic heterocycles. The minimum Gasteiger partial charge on any atom is -0.303 e. The van der Waals surface area contributed by atoms with Crippen molar-refractivity contribution in [1.29, 1.82) is 0 Å². The first kappa shape index (κ1) is 19.8. The molecular weight excluding hydrogens is 462 g/mol. The number of carbonyl (C=O) groups is 1. The van der Waals surface area contributed by atoms with Crippen LogP contribution in [0.1, 0.15) is 28.8 Å². The molecule has 2 saturated heterocycles. The zero-order valence-electron chi connectivity index (χ0n) is 16.3. The lowest BCUT2D eigenvalue weighted by molar-refractivity contribution is -0.119. The Morgan fingerprint density at radius 1 is 0.900 bits per heavy atom. The maximum absolute atomic E-state index is 13.6. The second-order valence-corrected chi connectivity index (χ2v) is 9.27. The van der Waals surface area contributed by atoms with Crippen LogP contribution in [0.25, 0.3) is 0 Å². The van der Waals surface area contributed by atoms with E-state index in [-0.39, 0.29) is 30.0 Å². The number of hydrogen-bond acceptors (Lipinski definition) is 3. The van der Waals surface area contributed by atoms with Gasteiger partial charge in [0, 0.05) is 21.1 Å². The molecule has 0 aromatic heterocycles. The predicted octanol–water partition coefficient (Wildman–Crippen LogP) is 5.33. The standard InChI is InChI=1S/C24H21BrClN3O/c1-14-5-11-19(12-6-14)29-23(16-3-2-4-17(25)13-16)20-21(27-28-22(20)24(29)30)15-7-9-18(26)10-8-15/h2-13,20-23,27-28H,1H3. The number of halogens is 2. The Morgan fingerprint density at radius 2 is 1.60 bits per heavy atom. The molecule has 152 valence electrons. The summed E-state index contributed by atoms with van der Waals surface area (Å²) in [4.78, 5) is 15.5. The van der Waals surface area contributed by atoms with Crippen LogP contribution < -0.4 is 15.8 Å². The SMILES string of the molecule is Cc1ccc(N2C(=O)C3NNC(c4ccc(Cl)cc4)C3C2c2cccc(Br)c2)cc1. The van der Waals surface area contributed by atoms with Gasteiger partial charge in [-0.25, -0.2) is 10.9 Å². The van der Waals surface area contributed by atoms with Gasteiger partial charge in [-0.05, 0) is 54.4 Å².